The summed E-state index contributed by atoms with van der Waals surface area (Å²) in [5, 5.41) is 117. The molecule has 0 bridgehead atoms. The van der Waals surface area contributed by atoms with Gasteiger partial charge in [0.05, 0.1) is 0 Å². The molecular weight excluding hydrogens is 1370 g/mol. The normalized spacial score (nSPS) is 29.4. The molecule has 8 fully saturated rings. The Morgan fingerprint density at radius 1 is 0.231 bits per heavy atom. The van der Waals surface area contributed by atoms with Crippen molar-refractivity contribution in [3.63, 3.8) is 0 Å². The maximum atomic E-state index is 12.3. The Hall–Kier alpha value is -3.82. The summed E-state index contributed by atoms with van der Waals surface area (Å²) < 4.78 is 0. The minimum Gasteiger partial charge on any atom is -0.351 e. The molecular formula is C80H150N20O8. The number of nitrogens with zero attached hydrogens (tertiary/aromatic N) is 18. The highest BCUT2D eigenvalue weighted by atomic mass is 16.5. The first-order chi connectivity index (χ1) is 48.6. The van der Waals surface area contributed by atoms with Gasteiger partial charge in [-0.25, -0.2) is 0 Å². The lowest BCUT2D eigenvalue weighted by molar-refractivity contribution is -0.251. The van der Waals surface area contributed by atoms with E-state index in [0.717, 1.165) is 0 Å². The highest BCUT2D eigenvalue weighted by Gasteiger charge is 2.58. The van der Waals surface area contributed by atoms with Crippen LogP contribution in [-0.4, -0.2) is 262 Å². The summed E-state index contributed by atoms with van der Waals surface area (Å²) in [6.45, 7) is 67.4. The Labute approximate surface area is 649 Å². The van der Waals surface area contributed by atoms with Crippen molar-refractivity contribution in [2.24, 2.45) is 0 Å². The van der Waals surface area contributed by atoms with Crippen LogP contribution in [0, 0.1) is 0 Å². The fourth-order valence-corrected chi connectivity index (χ4v) is 23.3. The van der Waals surface area contributed by atoms with Crippen LogP contribution in [0.25, 0.3) is 0 Å². The van der Waals surface area contributed by atoms with Crippen molar-refractivity contribution >= 4 is 35.7 Å². The minimum absolute atomic E-state index is 0.195. The van der Waals surface area contributed by atoms with Crippen LogP contribution >= 0.6 is 0 Å². The van der Waals surface area contributed by atoms with Gasteiger partial charge in [0.1, 0.15) is 0 Å². The van der Waals surface area contributed by atoms with Crippen molar-refractivity contribution in [3.8, 4) is 0 Å². The van der Waals surface area contributed by atoms with E-state index >= 15 is 0 Å². The van der Waals surface area contributed by atoms with E-state index in [1.54, 1.807) is 0 Å². The average Bonchev–Trinajstić information content (AvgIpc) is 0.740. The predicted octanol–water partition coefficient (Wildman–Crippen LogP) is 14.1. The summed E-state index contributed by atoms with van der Waals surface area (Å²) in [6.07, 6.45) is 8.82. The van der Waals surface area contributed by atoms with Gasteiger partial charge in [0.2, 0.25) is 35.7 Å². The molecule has 0 aliphatic carbocycles. The number of piperidine rings is 8. The minimum atomic E-state index is -0.747. The lowest BCUT2D eigenvalue weighted by atomic mass is 9.74. The molecule has 28 nitrogen and oxygen atoms in total. The third-order valence-corrected chi connectivity index (χ3v) is 26.9. The smallest absolute Gasteiger partial charge is 0.232 e. The molecule has 0 radical (unpaired) electrons. The first-order valence-electron chi connectivity index (χ1n) is 40.7. The number of anilines is 6. The van der Waals surface area contributed by atoms with Gasteiger partial charge in [-0.15, -0.1) is 0 Å². The first kappa shape index (κ1) is 86.6. The van der Waals surface area contributed by atoms with E-state index in [2.05, 4.69) is 252 Å². The fraction of sp³-hybridized carbons (Fsp3) is 0.925. The molecule has 0 atom stereocenters. The standard InChI is InChI=1S/C80H150N20O8/c1-65(2)35-51(36-66(3,4)93(65)101)81-59-83-61(87-63(85-59)91(55-43-73(17,18)97(105)74(19,20)44-55)56-45-75(21,22)98(106)76(23,24)46-56)89(53-39-69(9,10)95(103)70(11,12)40-53)33-34-90(54-41-71(13,14)96(104)72(15,16)42-54)62-84-60(82-52-37-67(5,6)94(102)68(7,8)38-52)86-64(88-62)92(57-47-77(25,26)99(107)78(27,28)48-57)58-49-79(29,30)100(108)80(31,32)50-58/h51-58,101-108H,33-50H2,1-32H3,(H,81,83,85,87)(H,82,84,86,88). The van der Waals surface area contributed by atoms with E-state index in [9.17, 15) is 41.7 Å². The number of hydrogen-bond donors (Lipinski definition) is 10. The van der Waals surface area contributed by atoms with E-state index < -0.39 is 88.6 Å². The number of hydroxylamine groups is 16. The molecule has 28 heteroatoms. The molecule has 10 rings (SSSR count). The molecule has 0 spiro atoms. The molecule has 2 aromatic heterocycles. The van der Waals surface area contributed by atoms with Crippen molar-refractivity contribution in [1.29, 1.82) is 0 Å². The summed E-state index contributed by atoms with van der Waals surface area (Å²) >= 11 is 0. The van der Waals surface area contributed by atoms with Crippen LogP contribution in [-0.2, 0) is 0 Å². The van der Waals surface area contributed by atoms with Crippen molar-refractivity contribution < 1.29 is 41.7 Å². The second-order valence-electron chi connectivity index (χ2n) is 45.1. The summed E-state index contributed by atoms with van der Waals surface area (Å²) in [6, 6.07) is -1.83. The van der Waals surface area contributed by atoms with Crippen molar-refractivity contribution in [2.45, 2.75) is 461 Å². The Morgan fingerprint density at radius 3 is 0.556 bits per heavy atom. The molecule has 0 saturated carbocycles. The Morgan fingerprint density at radius 2 is 0.380 bits per heavy atom. The monoisotopic (exact) mass is 1520 g/mol. The van der Waals surface area contributed by atoms with Crippen LogP contribution in [0.1, 0.15) is 324 Å². The van der Waals surface area contributed by atoms with Gasteiger partial charge in [-0.05, 0) is 324 Å². The van der Waals surface area contributed by atoms with Crippen LogP contribution in [0.4, 0.5) is 35.7 Å². The lowest BCUT2D eigenvalue weighted by Gasteiger charge is -2.58. The SMILES string of the molecule is CC1(C)CC(Nc2nc(N(CCN(c3nc(NC4CC(C)(C)N(O)C(C)(C)C4)nc(N(C4CC(C)(C)N(O)C(C)(C)C4)C4CC(C)(C)N(O)C(C)(C)C4)n3)C3CC(C)(C)N(O)C(C)(C)C3)C3CC(C)(C)N(O)C(C)(C)C3)nc(N(C3CC(C)(C)N(O)C(C)(C)C3)C3CC(C)(C)N(O)C(C)(C)C3)n2)CC(C)(C)N1O. The van der Waals surface area contributed by atoms with Gasteiger partial charge in [-0.3, -0.25) is 0 Å². The summed E-state index contributed by atoms with van der Waals surface area (Å²) in [5.41, 5.74) is -11.0. The van der Waals surface area contributed by atoms with Crippen molar-refractivity contribution in [3.05, 3.63) is 0 Å². The summed E-state index contributed by atoms with van der Waals surface area (Å²) in [7, 11) is 0. The molecule has 8 aliphatic rings. The highest BCUT2D eigenvalue weighted by molar-refractivity contribution is 5.52. The van der Waals surface area contributed by atoms with E-state index in [-0.39, 0.29) is 48.3 Å². The maximum Gasteiger partial charge on any atom is 0.232 e. The number of hydrogen-bond acceptors (Lipinski definition) is 28. The van der Waals surface area contributed by atoms with E-state index in [0.29, 0.717) is 152 Å². The predicted molar refractivity (Wildman–Crippen MR) is 425 cm³/mol. The third kappa shape index (κ3) is 16.8. The molecule has 8 saturated heterocycles. The lowest BCUT2D eigenvalue weighted by Crippen LogP contribution is -2.68. The van der Waals surface area contributed by atoms with Crippen molar-refractivity contribution in [1.82, 2.24) is 70.4 Å². The molecule has 8 aliphatic heterocycles. The Kier molecular flexibility index (Phi) is 22.4. The number of rotatable bonds is 17. The van der Waals surface area contributed by atoms with Gasteiger partial charge in [0.25, 0.3) is 0 Å². The second kappa shape index (κ2) is 28.0. The average molecular weight is 1520 g/mol. The number of nitrogens with one attached hydrogen (secondary N) is 2. The van der Waals surface area contributed by atoms with Gasteiger partial charge in [-0.1, -0.05) is 0 Å². The summed E-state index contributed by atoms with van der Waals surface area (Å²) in [5.74, 6) is 2.57. The third-order valence-electron chi connectivity index (χ3n) is 26.9. The van der Waals surface area contributed by atoms with Gasteiger partial charge in [-0.2, -0.15) is 70.4 Å². The fourth-order valence-electron chi connectivity index (χ4n) is 23.3. The van der Waals surface area contributed by atoms with E-state index in [1.165, 1.54) is 40.5 Å². The quantitative estimate of drug-likeness (QED) is 0.0704. The van der Waals surface area contributed by atoms with Crippen LogP contribution in [0.3, 0.4) is 0 Å². The maximum absolute atomic E-state index is 12.3. The van der Waals surface area contributed by atoms with Crippen LogP contribution in [0.2, 0.25) is 0 Å². The second-order valence-corrected chi connectivity index (χ2v) is 45.1. The van der Waals surface area contributed by atoms with Crippen molar-refractivity contribution in [2.75, 3.05) is 43.3 Å². The van der Waals surface area contributed by atoms with Crippen LogP contribution in [0.15, 0.2) is 0 Å². The Balaban J connectivity index is 1.24. The largest absolute Gasteiger partial charge is 0.351 e. The first-order valence-corrected chi connectivity index (χ1v) is 40.7. The zero-order valence-corrected chi connectivity index (χ0v) is 73.0. The molecule has 0 amide bonds. The van der Waals surface area contributed by atoms with E-state index in [4.69, 9.17) is 29.9 Å². The molecule has 0 aromatic carbocycles. The topological polar surface area (TPSA) is 302 Å². The molecule has 2 aromatic rings. The van der Waals surface area contributed by atoms with E-state index in [1.807, 2.05) is 0 Å². The molecule has 618 valence electrons. The molecule has 108 heavy (non-hydrogen) atoms. The zero-order valence-electron chi connectivity index (χ0n) is 73.0. The van der Waals surface area contributed by atoms with Gasteiger partial charge in [0.15, 0.2) is 0 Å². The van der Waals surface area contributed by atoms with Crippen LogP contribution in [0.5, 0.6) is 0 Å². The highest BCUT2D eigenvalue weighted by Crippen LogP contribution is 2.51. The summed E-state index contributed by atoms with van der Waals surface area (Å²) in [4.78, 5) is 44.1. The van der Waals surface area contributed by atoms with Gasteiger partial charge < -0.3 is 71.9 Å². The van der Waals surface area contributed by atoms with Gasteiger partial charge in [0, 0.05) is 150 Å². The zero-order chi connectivity index (χ0) is 81.4. The Bertz CT molecular complexity index is 3090. The molecule has 10 heterocycles. The van der Waals surface area contributed by atoms with Gasteiger partial charge >= 0.3 is 0 Å². The molecule has 10 N–H and O–H groups in total. The number of aromatic nitrogens is 6. The van der Waals surface area contributed by atoms with Crippen LogP contribution < -0.4 is 30.2 Å². The molecule has 0 unspecified atom stereocenters.